The van der Waals surface area contributed by atoms with E-state index in [-0.39, 0.29) is 5.92 Å². The van der Waals surface area contributed by atoms with Crippen LogP contribution in [0.15, 0.2) is 78.9 Å². The second-order valence-electron chi connectivity index (χ2n) is 9.98. The predicted molar refractivity (Wildman–Crippen MR) is 146 cm³/mol. The Labute approximate surface area is 209 Å². The third-order valence-corrected chi connectivity index (χ3v) is 7.28. The van der Waals surface area contributed by atoms with E-state index in [0.29, 0.717) is 18.7 Å². The van der Waals surface area contributed by atoms with Gasteiger partial charge in [-0.1, -0.05) is 54.6 Å². The summed E-state index contributed by atoms with van der Waals surface area (Å²) in [6.07, 6.45) is 0. The predicted octanol–water partition coefficient (Wildman–Crippen LogP) is 7.51. The Bertz CT molecular complexity index is 1320. The van der Waals surface area contributed by atoms with Gasteiger partial charge in [0.25, 0.3) is 0 Å². The van der Waals surface area contributed by atoms with Gasteiger partial charge in [-0.05, 0) is 90.6 Å². The van der Waals surface area contributed by atoms with Crippen LogP contribution in [-0.4, -0.2) is 37.2 Å². The van der Waals surface area contributed by atoms with E-state index >= 15 is 0 Å². The molecule has 35 heavy (non-hydrogen) atoms. The van der Waals surface area contributed by atoms with Gasteiger partial charge in [0.2, 0.25) is 0 Å². The first-order valence-corrected chi connectivity index (χ1v) is 12.7. The van der Waals surface area contributed by atoms with Gasteiger partial charge in [0, 0.05) is 24.5 Å². The van der Waals surface area contributed by atoms with Gasteiger partial charge in [-0.3, -0.25) is 4.90 Å². The first-order chi connectivity index (χ1) is 17.0. The highest BCUT2D eigenvalue weighted by Gasteiger charge is 2.32. The van der Waals surface area contributed by atoms with Gasteiger partial charge in [0.1, 0.15) is 18.1 Å². The Balaban J connectivity index is 1.47. The lowest BCUT2D eigenvalue weighted by atomic mass is 9.86. The van der Waals surface area contributed by atoms with Crippen LogP contribution in [0.5, 0.6) is 11.5 Å². The summed E-state index contributed by atoms with van der Waals surface area (Å²) in [4.78, 5) is 2.46. The monoisotopic (exact) mass is 465 g/mol. The summed E-state index contributed by atoms with van der Waals surface area (Å²) in [5.41, 5.74) is 6.56. The fourth-order valence-electron chi connectivity index (χ4n) is 5.63. The molecule has 5 rings (SSSR count). The number of rotatable bonds is 8. The van der Waals surface area contributed by atoms with E-state index < -0.39 is 0 Å². The Morgan fingerprint density at radius 3 is 2.17 bits per heavy atom. The van der Waals surface area contributed by atoms with Crippen molar-refractivity contribution in [2.24, 2.45) is 0 Å². The average Bonchev–Trinajstić information content (AvgIpc) is 3.20. The lowest BCUT2D eigenvalue weighted by Crippen LogP contribution is -2.39. The van der Waals surface area contributed by atoms with Crippen molar-refractivity contribution in [3.05, 3.63) is 95.6 Å². The summed E-state index contributed by atoms with van der Waals surface area (Å²) in [5.74, 6) is 1.97. The molecule has 0 amide bonds. The van der Waals surface area contributed by atoms with E-state index in [1.807, 2.05) is 0 Å². The molecule has 0 fully saturated rings. The van der Waals surface area contributed by atoms with Gasteiger partial charge >= 0.3 is 0 Å². The maximum absolute atomic E-state index is 6.14. The molecule has 3 nitrogen and oxygen atoms in total. The number of fused-ring (bicyclic) bond motifs is 5. The Kier molecular flexibility index (Phi) is 6.53. The smallest absolute Gasteiger partial charge is 0.119 e. The fraction of sp³-hybridized carbons (Fsp3) is 0.312. The molecule has 1 unspecified atom stereocenters. The topological polar surface area (TPSA) is 21.7 Å². The number of hydrogen-bond donors (Lipinski definition) is 0. The van der Waals surface area contributed by atoms with Crippen LogP contribution in [0.25, 0.3) is 21.9 Å². The lowest BCUT2D eigenvalue weighted by Gasteiger charge is -2.30. The Morgan fingerprint density at radius 2 is 1.46 bits per heavy atom. The highest BCUT2D eigenvalue weighted by molar-refractivity contribution is 5.97. The molecule has 4 aromatic rings. The van der Waals surface area contributed by atoms with Crippen LogP contribution in [0.1, 0.15) is 50.3 Å². The molecule has 0 saturated carbocycles. The fourth-order valence-corrected chi connectivity index (χ4v) is 5.63. The minimum Gasteiger partial charge on any atom is -0.497 e. The molecule has 3 heteroatoms. The van der Waals surface area contributed by atoms with Crippen molar-refractivity contribution in [2.45, 2.75) is 45.7 Å². The second kappa shape index (κ2) is 9.75. The number of methoxy groups -OCH3 is 1. The highest BCUT2D eigenvalue weighted by Crippen LogP contribution is 2.51. The van der Waals surface area contributed by atoms with Gasteiger partial charge in [-0.2, -0.15) is 0 Å². The maximum atomic E-state index is 6.14. The van der Waals surface area contributed by atoms with Crippen molar-refractivity contribution in [2.75, 3.05) is 20.3 Å². The second-order valence-corrected chi connectivity index (χ2v) is 9.98. The van der Waals surface area contributed by atoms with Crippen molar-refractivity contribution in [3.8, 4) is 22.6 Å². The molecule has 0 heterocycles. The zero-order valence-corrected chi connectivity index (χ0v) is 21.4. The molecule has 0 bridgehead atoms. The molecule has 0 saturated heterocycles. The van der Waals surface area contributed by atoms with Gasteiger partial charge in [-0.15, -0.1) is 0 Å². The van der Waals surface area contributed by atoms with Crippen molar-refractivity contribution >= 4 is 10.8 Å². The van der Waals surface area contributed by atoms with Gasteiger partial charge in [0.05, 0.1) is 7.11 Å². The number of benzene rings is 4. The number of ether oxygens (including phenoxy) is 2. The quantitative estimate of drug-likeness (QED) is 0.237. The molecule has 0 radical (unpaired) electrons. The van der Waals surface area contributed by atoms with Crippen molar-refractivity contribution in [1.82, 2.24) is 4.90 Å². The maximum Gasteiger partial charge on any atom is 0.119 e. The van der Waals surface area contributed by atoms with Gasteiger partial charge in [-0.25, -0.2) is 0 Å². The van der Waals surface area contributed by atoms with Gasteiger partial charge < -0.3 is 9.47 Å². The summed E-state index contributed by atoms with van der Waals surface area (Å²) in [7, 11) is 1.74. The van der Waals surface area contributed by atoms with E-state index in [1.165, 1.54) is 38.6 Å². The molecule has 0 N–H and O–H groups in total. The zero-order chi connectivity index (χ0) is 24.5. The largest absolute Gasteiger partial charge is 0.497 e. The molecule has 0 aromatic heterocycles. The van der Waals surface area contributed by atoms with E-state index in [4.69, 9.17) is 9.47 Å². The molecule has 4 aromatic carbocycles. The first kappa shape index (κ1) is 23.4. The number of hydrogen-bond acceptors (Lipinski definition) is 3. The number of nitrogens with zero attached hydrogens (tertiary/aromatic N) is 1. The van der Waals surface area contributed by atoms with Crippen LogP contribution in [0.4, 0.5) is 0 Å². The van der Waals surface area contributed by atoms with Crippen LogP contribution < -0.4 is 9.47 Å². The standard InChI is InChI=1S/C32H35NO2/c1-21(2)33(22(3)4)18-19-35-25-13-10-24(11-14-25)31-30-20-26(34-5)15-17-28(30)29-16-12-23-8-6-7-9-27(23)32(29)31/h6-17,20-22,31H,18-19H2,1-5H3. The Morgan fingerprint density at radius 1 is 0.771 bits per heavy atom. The minimum atomic E-state index is 0.160. The van der Waals surface area contributed by atoms with Crippen LogP contribution in [0, 0.1) is 0 Å². The first-order valence-electron chi connectivity index (χ1n) is 12.7. The summed E-state index contributed by atoms with van der Waals surface area (Å²) in [5, 5.41) is 2.59. The van der Waals surface area contributed by atoms with Crippen LogP contribution in [0.3, 0.4) is 0 Å². The molecular weight excluding hydrogens is 430 g/mol. The van der Waals surface area contributed by atoms with E-state index in [2.05, 4.69) is 111 Å². The van der Waals surface area contributed by atoms with Crippen molar-refractivity contribution in [1.29, 1.82) is 0 Å². The van der Waals surface area contributed by atoms with Crippen molar-refractivity contribution in [3.63, 3.8) is 0 Å². The molecule has 1 aliphatic carbocycles. The summed E-state index contributed by atoms with van der Waals surface area (Å²) in [6.45, 7) is 10.6. The highest BCUT2D eigenvalue weighted by atomic mass is 16.5. The van der Waals surface area contributed by atoms with E-state index in [1.54, 1.807) is 7.11 Å². The van der Waals surface area contributed by atoms with E-state index in [9.17, 15) is 0 Å². The van der Waals surface area contributed by atoms with Gasteiger partial charge in [0.15, 0.2) is 0 Å². The lowest BCUT2D eigenvalue weighted by molar-refractivity contribution is 0.142. The Hall–Kier alpha value is -3.30. The van der Waals surface area contributed by atoms with E-state index in [0.717, 1.165) is 18.0 Å². The molecule has 0 aliphatic heterocycles. The summed E-state index contributed by atoms with van der Waals surface area (Å²) >= 11 is 0. The molecular formula is C32H35NO2. The van der Waals surface area contributed by atoms with Crippen LogP contribution >= 0.6 is 0 Å². The minimum absolute atomic E-state index is 0.160. The molecule has 1 aliphatic rings. The summed E-state index contributed by atoms with van der Waals surface area (Å²) < 4.78 is 11.7. The third kappa shape index (κ3) is 4.41. The average molecular weight is 466 g/mol. The molecule has 1 atom stereocenters. The summed E-state index contributed by atoms with van der Waals surface area (Å²) in [6, 6.07) is 29.4. The SMILES string of the molecule is COc1ccc2c(c1)C(c1ccc(OCCN(C(C)C)C(C)C)cc1)c1c-2ccc2ccccc12. The third-order valence-electron chi connectivity index (χ3n) is 7.28. The molecule has 180 valence electrons. The zero-order valence-electron chi connectivity index (χ0n) is 21.4. The normalized spacial score (nSPS) is 14.6. The van der Waals surface area contributed by atoms with Crippen LogP contribution in [0.2, 0.25) is 0 Å². The van der Waals surface area contributed by atoms with Crippen molar-refractivity contribution < 1.29 is 9.47 Å². The van der Waals surface area contributed by atoms with Crippen LogP contribution in [-0.2, 0) is 0 Å². The molecule has 0 spiro atoms.